The van der Waals surface area contributed by atoms with E-state index in [1.807, 2.05) is 6.92 Å². The molecular formula is C13H11ClF2N2OS2. The molecule has 3 nitrogen and oxygen atoms in total. The Morgan fingerprint density at radius 3 is 2.90 bits per heavy atom. The van der Waals surface area contributed by atoms with Gasteiger partial charge in [0.15, 0.2) is 0 Å². The van der Waals surface area contributed by atoms with Gasteiger partial charge in [0.1, 0.15) is 4.88 Å². The summed E-state index contributed by atoms with van der Waals surface area (Å²) >= 11 is 7.49. The molecular weight excluding hydrogens is 338 g/mol. The molecule has 112 valence electrons. The van der Waals surface area contributed by atoms with Gasteiger partial charge in [-0.1, -0.05) is 36.4 Å². The number of nitrogens with zero attached hydrogens (tertiary/aromatic N) is 1. The highest BCUT2D eigenvalue weighted by molar-refractivity contribution is 7.99. The highest BCUT2D eigenvalue weighted by atomic mass is 35.5. The van der Waals surface area contributed by atoms with Gasteiger partial charge in [-0.15, -0.1) is 11.3 Å². The first-order chi connectivity index (χ1) is 10.0. The van der Waals surface area contributed by atoms with Gasteiger partial charge in [0.05, 0.1) is 26.8 Å². The average molecular weight is 349 g/mol. The molecule has 0 saturated heterocycles. The van der Waals surface area contributed by atoms with Gasteiger partial charge >= 0.3 is 0 Å². The van der Waals surface area contributed by atoms with Crippen LogP contribution in [-0.4, -0.2) is 16.6 Å². The highest BCUT2D eigenvalue weighted by Gasteiger charge is 2.17. The fraction of sp³-hybridized carbons (Fsp3) is 0.231. The van der Waals surface area contributed by atoms with Gasteiger partial charge in [0, 0.05) is 0 Å². The molecule has 1 N–H and O–H groups in total. The van der Waals surface area contributed by atoms with E-state index in [-0.39, 0.29) is 21.5 Å². The Kier molecular flexibility index (Phi) is 5.55. The van der Waals surface area contributed by atoms with E-state index in [4.69, 9.17) is 11.6 Å². The highest BCUT2D eigenvalue weighted by Crippen LogP contribution is 2.37. The van der Waals surface area contributed by atoms with E-state index in [1.54, 1.807) is 6.07 Å². The van der Waals surface area contributed by atoms with Crippen molar-refractivity contribution in [1.29, 1.82) is 0 Å². The van der Waals surface area contributed by atoms with Crippen LogP contribution in [0.3, 0.4) is 0 Å². The summed E-state index contributed by atoms with van der Waals surface area (Å²) in [4.78, 5) is 16.8. The second-order valence-corrected chi connectivity index (χ2v) is 6.44. The molecule has 0 unspecified atom stereocenters. The van der Waals surface area contributed by atoms with Crippen molar-refractivity contribution in [2.45, 2.75) is 24.0 Å². The minimum atomic E-state index is -2.62. The third kappa shape index (κ3) is 4.15. The minimum absolute atomic E-state index is 0.155. The molecule has 0 aliphatic rings. The van der Waals surface area contributed by atoms with Gasteiger partial charge in [0.2, 0.25) is 0 Å². The van der Waals surface area contributed by atoms with E-state index in [0.29, 0.717) is 16.6 Å². The number of anilines is 1. The van der Waals surface area contributed by atoms with E-state index < -0.39 is 5.76 Å². The lowest BCUT2D eigenvalue weighted by molar-refractivity contribution is 0.103. The summed E-state index contributed by atoms with van der Waals surface area (Å²) in [5.74, 6) is -3.00. The Morgan fingerprint density at radius 2 is 2.29 bits per heavy atom. The summed E-state index contributed by atoms with van der Waals surface area (Å²) in [6, 6.07) is 4.64. The van der Waals surface area contributed by atoms with Gasteiger partial charge < -0.3 is 5.32 Å². The Morgan fingerprint density at radius 1 is 1.52 bits per heavy atom. The number of aromatic nitrogens is 1. The van der Waals surface area contributed by atoms with Gasteiger partial charge in [-0.25, -0.2) is 4.98 Å². The summed E-state index contributed by atoms with van der Waals surface area (Å²) in [5.41, 5.74) is 0.268. The maximum Gasteiger partial charge on any atom is 0.289 e. The third-order valence-corrected chi connectivity index (χ3v) is 4.92. The van der Waals surface area contributed by atoms with Crippen LogP contribution in [0, 0.1) is 0 Å². The van der Waals surface area contributed by atoms with E-state index in [9.17, 15) is 13.6 Å². The predicted octanol–water partition coefficient (Wildman–Crippen LogP) is 4.93. The molecule has 0 saturated carbocycles. The van der Waals surface area contributed by atoms with Crippen LogP contribution in [0.4, 0.5) is 14.5 Å². The summed E-state index contributed by atoms with van der Waals surface area (Å²) < 4.78 is 25.1. The lowest BCUT2D eigenvalue weighted by Crippen LogP contribution is -2.11. The summed E-state index contributed by atoms with van der Waals surface area (Å²) in [6.45, 7) is 1.94. The smallest absolute Gasteiger partial charge is 0.289 e. The monoisotopic (exact) mass is 348 g/mol. The fourth-order valence-corrected chi connectivity index (χ4v) is 3.24. The van der Waals surface area contributed by atoms with Crippen LogP contribution in [0.5, 0.6) is 0 Å². The largest absolute Gasteiger partial charge is 0.320 e. The summed E-state index contributed by atoms with van der Waals surface area (Å²) in [6.07, 6.45) is 2.21. The topological polar surface area (TPSA) is 42.0 Å². The van der Waals surface area contributed by atoms with E-state index in [0.717, 1.165) is 11.4 Å². The van der Waals surface area contributed by atoms with E-state index >= 15 is 0 Å². The van der Waals surface area contributed by atoms with Crippen molar-refractivity contribution >= 4 is 46.3 Å². The molecule has 1 aromatic carbocycles. The first-order valence-electron chi connectivity index (χ1n) is 6.00. The van der Waals surface area contributed by atoms with Gasteiger partial charge in [0.25, 0.3) is 11.7 Å². The van der Waals surface area contributed by atoms with Crippen molar-refractivity contribution in [3.63, 3.8) is 0 Å². The predicted molar refractivity (Wildman–Crippen MR) is 82.8 cm³/mol. The number of nitrogens with one attached hydrogen (secondary N) is 1. The van der Waals surface area contributed by atoms with Crippen LogP contribution in [0.15, 0.2) is 29.3 Å². The Bertz CT molecular complexity index is 649. The second-order valence-electron chi connectivity index (χ2n) is 3.92. The van der Waals surface area contributed by atoms with Crippen molar-refractivity contribution < 1.29 is 13.6 Å². The number of rotatable bonds is 5. The number of aryl methyl sites for hydroxylation is 1. The molecule has 0 radical (unpaired) electrons. The first kappa shape index (κ1) is 16.2. The average Bonchev–Trinajstić information content (AvgIpc) is 2.91. The zero-order valence-electron chi connectivity index (χ0n) is 10.9. The van der Waals surface area contributed by atoms with Crippen LogP contribution in [0.1, 0.15) is 21.6 Å². The molecule has 0 aliphatic carbocycles. The number of alkyl halides is 2. The van der Waals surface area contributed by atoms with Crippen LogP contribution < -0.4 is 5.32 Å². The van der Waals surface area contributed by atoms with Gasteiger partial charge in [-0.3, -0.25) is 4.79 Å². The number of benzene rings is 1. The van der Waals surface area contributed by atoms with Gasteiger partial charge in [-0.05, 0) is 18.6 Å². The molecule has 2 rings (SSSR count). The van der Waals surface area contributed by atoms with Crippen LogP contribution in [0.2, 0.25) is 5.02 Å². The Hall–Kier alpha value is -1.18. The number of thiazole rings is 1. The SMILES string of the molecule is CCc1ncc(C(=O)Nc2cccc(Cl)c2SC(F)F)s1. The second kappa shape index (κ2) is 7.20. The number of amides is 1. The molecule has 8 heteroatoms. The van der Waals surface area contributed by atoms with Crippen LogP contribution in [-0.2, 0) is 6.42 Å². The third-order valence-electron chi connectivity index (χ3n) is 2.50. The Labute approximate surface area is 133 Å². The molecule has 1 aromatic heterocycles. The maximum atomic E-state index is 12.6. The molecule has 21 heavy (non-hydrogen) atoms. The zero-order chi connectivity index (χ0) is 15.4. The number of thioether (sulfide) groups is 1. The van der Waals surface area contributed by atoms with Crippen molar-refractivity contribution in [3.8, 4) is 0 Å². The van der Waals surface area contributed by atoms with Crippen molar-refractivity contribution in [3.05, 3.63) is 39.3 Å². The number of halogens is 3. The zero-order valence-corrected chi connectivity index (χ0v) is 13.3. The van der Waals surface area contributed by atoms with Gasteiger partial charge in [-0.2, -0.15) is 8.78 Å². The first-order valence-corrected chi connectivity index (χ1v) is 8.08. The number of carbonyl (C=O) groups is 1. The minimum Gasteiger partial charge on any atom is -0.320 e. The van der Waals surface area contributed by atoms with E-state index in [2.05, 4.69) is 10.3 Å². The number of hydrogen-bond donors (Lipinski definition) is 1. The quantitative estimate of drug-likeness (QED) is 0.779. The molecule has 0 fully saturated rings. The molecule has 0 bridgehead atoms. The fourth-order valence-electron chi connectivity index (χ4n) is 1.58. The molecule has 0 spiro atoms. The van der Waals surface area contributed by atoms with E-state index in [1.165, 1.54) is 29.7 Å². The lowest BCUT2D eigenvalue weighted by Gasteiger charge is -2.11. The normalized spacial score (nSPS) is 10.9. The standard InChI is InChI=1S/C13H11ClF2N2OS2/c1-2-10-17-6-9(20-10)12(19)18-8-5-3-4-7(14)11(8)21-13(15)16/h3-6,13H,2H2,1H3,(H,18,19). The van der Waals surface area contributed by atoms with Crippen molar-refractivity contribution in [2.75, 3.05) is 5.32 Å². The molecule has 1 amide bonds. The molecule has 0 aliphatic heterocycles. The molecule has 0 atom stereocenters. The number of carbonyl (C=O) groups excluding carboxylic acids is 1. The number of hydrogen-bond acceptors (Lipinski definition) is 4. The Balaban J connectivity index is 2.22. The summed E-state index contributed by atoms with van der Waals surface area (Å²) in [5, 5.41) is 3.62. The van der Waals surface area contributed by atoms with Crippen molar-refractivity contribution in [1.82, 2.24) is 4.98 Å². The molecule has 2 aromatic rings. The van der Waals surface area contributed by atoms with Crippen LogP contribution >= 0.6 is 34.7 Å². The maximum absolute atomic E-state index is 12.6. The summed E-state index contributed by atoms with van der Waals surface area (Å²) in [7, 11) is 0. The van der Waals surface area contributed by atoms with Crippen LogP contribution in [0.25, 0.3) is 0 Å². The lowest BCUT2D eigenvalue weighted by atomic mass is 10.3. The molecule has 1 heterocycles. The van der Waals surface area contributed by atoms with Crippen molar-refractivity contribution in [2.24, 2.45) is 0 Å².